The van der Waals surface area contributed by atoms with Gasteiger partial charge in [0.25, 0.3) is 0 Å². The van der Waals surface area contributed by atoms with Crippen molar-refractivity contribution >= 4 is 5.78 Å². The molecule has 1 aliphatic rings. The van der Waals surface area contributed by atoms with Crippen LogP contribution in [0.15, 0.2) is 0 Å². The van der Waals surface area contributed by atoms with Crippen LogP contribution < -0.4 is 0 Å². The van der Waals surface area contributed by atoms with Crippen LogP contribution in [0, 0.1) is 5.92 Å². The van der Waals surface area contributed by atoms with E-state index in [0.29, 0.717) is 0 Å². The van der Waals surface area contributed by atoms with E-state index in [1.807, 2.05) is 0 Å². The minimum atomic E-state index is -4.37. The lowest BCUT2D eigenvalue weighted by molar-refractivity contribution is -0.206. The van der Waals surface area contributed by atoms with E-state index in [9.17, 15) is 18.0 Å². The molecule has 1 aliphatic carbocycles. The number of hydrogen-bond acceptors (Lipinski definition) is 2. The lowest BCUT2D eigenvalue weighted by Crippen LogP contribution is -2.39. The quantitative estimate of drug-likeness (QED) is 0.612. The van der Waals surface area contributed by atoms with Crippen LogP contribution in [0.1, 0.15) is 19.3 Å². The number of halogens is 3. The zero-order chi connectivity index (χ0) is 9.35. The molecule has 1 rings (SSSR count). The molecule has 0 spiro atoms. The van der Waals surface area contributed by atoms with E-state index < -0.39 is 18.2 Å². The normalized spacial score (nSPS) is 32.2. The fraction of sp³-hybridized carbons (Fsp3) is 0.857. The average Bonchev–Trinajstić information content (AvgIpc) is 1.83. The van der Waals surface area contributed by atoms with E-state index in [1.165, 1.54) is 0 Å². The van der Waals surface area contributed by atoms with Gasteiger partial charge in [0.15, 0.2) is 0 Å². The van der Waals surface area contributed by atoms with Gasteiger partial charge >= 0.3 is 6.18 Å². The summed E-state index contributed by atoms with van der Waals surface area (Å²) in [5.41, 5.74) is 0. The van der Waals surface area contributed by atoms with Gasteiger partial charge in [-0.25, -0.2) is 0 Å². The highest BCUT2D eigenvalue weighted by Crippen LogP contribution is 2.36. The van der Waals surface area contributed by atoms with E-state index in [1.54, 1.807) is 0 Å². The van der Waals surface area contributed by atoms with Gasteiger partial charge in [-0.05, 0) is 6.42 Å². The van der Waals surface area contributed by atoms with Gasteiger partial charge in [0.05, 0.1) is 12.0 Å². The molecule has 1 saturated carbocycles. The van der Waals surface area contributed by atoms with Crippen molar-refractivity contribution in [2.75, 3.05) is 0 Å². The summed E-state index contributed by atoms with van der Waals surface area (Å²) in [6, 6.07) is 0. The lowest BCUT2D eigenvalue weighted by atomic mass is 9.85. The van der Waals surface area contributed by atoms with Crippen LogP contribution in [0.25, 0.3) is 0 Å². The highest BCUT2D eigenvalue weighted by atomic mass is 19.4. The summed E-state index contributed by atoms with van der Waals surface area (Å²) in [6.07, 6.45) is -6.61. The smallest absolute Gasteiger partial charge is 0.392 e. The van der Waals surface area contributed by atoms with Gasteiger partial charge in [0.2, 0.25) is 0 Å². The van der Waals surface area contributed by atoms with Crippen molar-refractivity contribution < 1.29 is 23.1 Å². The molecule has 2 atom stereocenters. The second-order valence-electron chi connectivity index (χ2n) is 3.00. The van der Waals surface area contributed by atoms with E-state index in [2.05, 4.69) is 0 Å². The first kappa shape index (κ1) is 9.51. The number of aliphatic hydroxyl groups is 1. The van der Waals surface area contributed by atoms with Crippen LogP contribution in [0.4, 0.5) is 13.2 Å². The Morgan fingerprint density at radius 2 is 2.00 bits per heavy atom. The monoisotopic (exact) mass is 182 g/mol. The number of alkyl halides is 3. The molecule has 0 aromatic heterocycles. The molecule has 0 amide bonds. The number of rotatable bonds is 0. The molecule has 0 bridgehead atoms. The van der Waals surface area contributed by atoms with Crippen molar-refractivity contribution in [2.45, 2.75) is 31.5 Å². The molecule has 0 aromatic carbocycles. The molecule has 0 aromatic rings. The van der Waals surface area contributed by atoms with Crippen LogP contribution in [-0.2, 0) is 4.79 Å². The maximum Gasteiger partial charge on any atom is 0.394 e. The molecule has 0 radical (unpaired) electrons. The van der Waals surface area contributed by atoms with Gasteiger partial charge < -0.3 is 5.11 Å². The van der Waals surface area contributed by atoms with Crippen LogP contribution in [-0.4, -0.2) is 23.2 Å². The second-order valence-corrected chi connectivity index (χ2v) is 3.00. The molecule has 0 aliphatic heterocycles. The zero-order valence-electron chi connectivity index (χ0n) is 6.27. The SMILES string of the molecule is O=C1CCC(C(F)(F)F)C(O)C1. The fourth-order valence-electron chi connectivity index (χ4n) is 1.37. The van der Waals surface area contributed by atoms with Gasteiger partial charge in [-0.15, -0.1) is 0 Å². The van der Waals surface area contributed by atoms with E-state index in [4.69, 9.17) is 5.11 Å². The van der Waals surface area contributed by atoms with Crippen molar-refractivity contribution in [3.63, 3.8) is 0 Å². The Morgan fingerprint density at radius 3 is 2.42 bits per heavy atom. The van der Waals surface area contributed by atoms with E-state index in [0.717, 1.165) is 0 Å². The number of Topliss-reactive ketones (excluding diaryl/α,β-unsaturated/α-hetero) is 1. The molecule has 70 valence electrons. The maximum absolute atomic E-state index is 12.0. The highest BCUT2D eigenvalue weighted by Gasteiger charge is 2.46. The molecule has 5 heteroatoms. The number of aliphatic hydroxyl groups excluding tert-OH is 1. The van der Waals surface area contributed by atoms with Crippen LogP contribution in [0.2, 0.25) is 0 Å². The molecule has 1 fully saturated rings. The fourth-order valence-corrected chi connectivity index (χ4v) is 1.37. The van der Waals surface area contributed by atoms with Crippen molar-refractivity contribution in [1.29, 1.82) is 0 Å². The Kier molecular flexibility index (Phi) is 2.41. The van der Waals surface area contributed by atoms with Gasteiger partial charge in [0, 0.05) is 12.8 Å². The van der Waals surface area contributed by atoms with Crippen LogP contribution >= 0.6 is 0 Å². The maximum atomic E-state index is 12.0. The van der Waals surface area contributed by atoms with Gasteiger partial charge in [0.1, 0.15) is 5.78 Å². The number of ketones is 1. The summed E-state index contributed by atoms with van der Waals surface area (Å²) in [7, 11) is 0. The molecule has 0 heterocycles. The molecule has 1 N–H and O–H groups in total. The highest BCUT2D eigenvalue weighted by molar-refractivity contribution is 5.79. The first-order valence-corrected chi connectivity index (χ1v) is 3.67. The summed E-state index contributed by atoms with van der Waals surface area (Å²) in [4.78, 5) is 10.6. The van der Waals surface area contributed by atoms with Gasteiger partial charge in [-0.2, -0.15) is 13.2 Å². The van der Waals surface area contributed by atoms with Crippen molar-refractivity contribution in [3.8, 4) is 0 Å². The number of carbonyl (C=O) groups is 1. The van der Waals surface area contributed by atoms with Crippen molar-refractivity contribution in [1.82, 2.24) is 0 Å². The minimum absolute atomic E-state index is 0.0682. The third-order valence-corrected chi connectivity index (χ3v) is 2.06. The molecule has 2 unspecified atom stereocenters. The number of hydrogen-bond donors (Lipinski definition) is 1. The molecule has 2 nitrogen and oxygen atoms in total. The zero-order valence-corrected chi connectivity index (χ0v) is 6.27. The summed E-state index contributed by atoms with van der Waals surface area (Å²) in [5, 5.41) is 8.93. The summed E-state index contributed by atoms with van der Waals surface area (Å²) in [5.74, 6) is -2.00. The summed E-state index contributed by atoms with van der Waals surface area (Å²) in [6.45, 7) is 0. The second kappa shape index (κ2) is 3.05. The predicted molar refractivity (Wildman–Crippen MR) is 34.4 cm³/mol. The largest absolute Gasteiger partial charge is 0.394 e. The Bertz CT molecular complexity index is 188. The lowest BCUT2D eigenvalue weighted by Gasteiger charge is -2.28. The Morgan fingerprint density at radius 1 is 1.42 bits per heavy atom. The predicted octanol–water partition coefficient (Wildman–Crippen LogP) is 1.28. The molecule has 12 heavy (non-hydrogen) atoms. The topological polar surface area (TPSA) is 37.3 Å². The van der Waals surface area contributed by atoms with Crippen LogP contribution in [0.3, 0.4) is 0 Å². The third-order valence-electron chi connectivity index (χ3n) is 2.06. The molecular weight excluding hydrogens is 173 g/mol. The standard InChI is InChI=1S/C7H9F3O2/c8-7(9,10)5-2-1-4(11)3-6(5)12/h5-6,12H,1-3H2. The van der Waals surface area contributed by atoms with E-state index in [-0.39, 0.29) is 25.0 Å². The first-order chi connectivity index (χ1) is 5.41. The van der Waals surface area contributed by atoms with Gasteiger partial charge in [-0.1, -0.05) is 0 Å². The average molecular weight is 182 g/mol. The van der Waals surface area contributed by atoms with Crippen molar-refractivity contribution in [3.05, 3.63) is 0 Å². The minimum Gasteiger partial charge on any atom is -0.392 e. The summed E-state index contributed by atoms with van der Waals surface area (Å²) < 4.78 is 36.1. The molecule has 0 saturated heterocycles. The van der Waals surface area contributed by atoms with Gasteiger partial charge in [-0.3, -0.25) is 4.79 Å². The first-order valence-electron chi connectivity index (χ1n) is 3.67. The molecular formula is C7H9F3O2. The Labute approximate surface area is 67.4 Å². The summed E-state index contributed by atoms with van der Waals surface area (Å²) >= 11 is 0. The number of carbonyl (C=O) groups excluding carboxylic acids is 1. The third kappa shape index (κ3) is 1.97. The van der Waals surface area contributed by atoms with Crippen molar-refractivity contribution in [2.24, 2.45) is 5.92 Å². The Balaban J connectivity index is 2.62. The van der Waals surface area contributed by atoms with Crippen LogP contribution in [0.5, 0.6) is 0 Å². The Hall–Kier alpha value is -0.580. The van der Waals surface area contributed by atoms with E-state index >= 15 is 0 Å².